The first-order chi connectivity index (χ1) is 14.4. The van der Waals surface area contributed by atoms with Gasteiger partial charge in [-0.15, -0.1) is 0 Å². The fourth-order valence-electron chi connectivity index (χ4n) is 4.04. The number of carbonyl (C=O) groups excluding carboxylic acids is 2. The van der Waals surface area contributed by atoms with Crippen molar-refractivity contribution < 1.29 is 14.0 Å². The molecule has 1 heterocycles. The number of carbonyl (C=O) groups is 2. The molecule has 1 aliphatic rings. The van der Waals surface area contributed by atoms with Gasteiger partial charge in [-0.2, -0.15) is 0 Å². The molecule has 2 atom stereocenters. The fraction of sp³-hybridized carbons (Fsp3) is 0.417. The van der Waals surface area contributed by atoms with Crippen LogP contribution in [0.3, 0.4) is 0 Å². The summed E-state index contributed by atoms with van der Waals surface area (Å²) in [6.07, 6.45) is 0.626. The molecule has 2 unspecified atom stereocenters. The summed E-state index contributed by atoms with van der Waals surface area (Å²) in [5.74, 6) is -0.645. The molecule has 2 aromatic carbocycles. The van der Waals surface area contributed by atoms with Gasteiger partial charge in [-0.05, 0) is 49.9 Å². The van der Waals surface area contributed by atoms with E-state index in [9.17, 15) is 14.0 Å². The first-order valence-electron chi connectivity index (χ1n) is 10.5. The van der Waals surface area contributed by atoms with Gasteiger partial charge in [0, 0.05) is 32.1 Å². The van der Waals surface area contributed by atoms with E-state index in [0.717, 1.165) is 16.7 Å². The van der Waals surface area contributed by atoms with Crippen LogP contribution in [0.2, 0.25) is 0 Å². The SMILES string of the molecule is CCNC(=O)N1CC(C(=O)NCc2cccc(C)c2)CC(c2ccc(F)c(C)c2)C1. The Balaban J connectivity index is 1.75. The zero-order valence-electron chi connectivity index (χ0n) is 17.9. The van der Waals surface area contributed by atoms with E-state index in [4.69, 9.17) is 0 Å². The van der Waals surface area contributed by atoms with Crippen molar-refractivity contribution in [3.05, 3.63) is 70.5 Å². The summed E-state index contributed by atoms with van der Waals surface area (Å²) >= 11 is 0. The molecule has 3 amide bonds. The Kier molecular flexibility index (Phi) is 7.08. The molecule has 30 heavy (non-hydrogen) atoms. The smallest absolute Gasteiger partial charge is 0.317 e. The molecule has 3 rings (SSSR count). The fourth-order valence-corrected chi connectivity index (χ4v) is 4.04. The summed E-state index contributed by atoms with van der Waals surface area (Å²) in [4.78, 5) is 27.2. The van der Waals surface area contributed by atoms with Crippen molar-refractivity contribution in [2.24, 2.45) is 5.92 Å². The lowest BCUT2D eigenvalue weighted by Gasteiger charge is -2.37. The summed E-state index contributed by atoms with van der Waals surface area (Å²) in [7, 11) is 0. The predicted octanol–water partition coefficient (Wildman–Crippen LogP) is 3.89. The number of rotatable bonds is 5. The number of aryl methyl sites for hydroxylation is 2. The normalized spacial score (nSPS) is 18.7. The number of hydrogen-bond acceptors (Lipinski definition) is 2. The van der Waals surface area contributed by atoms with E-state index in [2.05, 4.69) is 10.6 Å². The third kappa shape index (κ3) is 5.38. The van der Waals surface area contributed by atoms with E-state index in [0.29, 0.717) is 38.2 Å². The quantitative estimate of drug-likeness (QED) is 0.784. The molecule has 0 aliphatic carbocycles. The summed E-state index contributed by atoms with van der Waals surface area (Å²) in [6, 6.07) is 12.9. The standard InChI is InChI=1S/C24H30FN3O2/c1-4-26-24(30)28-14-20(19-8-9-22(25)17(3)11-19)12-21(15-28)23(29)27-13-18-7-5-6-16(2)10-18/h5-11,20-21H,4,12-15H2,1-3H3,(H,26,30)(H,27,29). The molecule has 0 aromatic heterocycles. The van der Waals surface area contributed by atoms with Gasteiger partial charge in [0.15, 0.2) is 0 Å². The Hall–Kier alpha value is -2.89. The van der Waals surface area contributed by atoms with Crippen LogP contribution in [-0.4, -0.2) is 36.5 Å². The largest absolute Gasteiger partial charge is 0.352 e. The summed E-state index contributed by atoms with van der Waals surface area (Å²) in [6.45, 7) is 7.50. The van der Waals surface area contributed by atoms with Gasteiger partial charge in [-0.1, -0.05) is 42.0 Å². The minimum absolute atomic E-state index is 0.0182. The molecule has 0 spiro atoms. The van der Waals surface area contributed by atoms with Crippen molar-refractivity contribution in [1.29, 1.82) is 0 Å². The Bertz CT molecular complexity index is 915. The molecular formula is C24H30FN3O2. The number of nitrogens with one attached hydrogen (secondary N) is 2. The zero-order valence-corrected chi connectivity index (χ0v) is 17.9. The molecule has 0 bridgehead atoms. The first-order valence-corrected chi connectivity index (χ1v) is 10.5. The van der Waals surface area contributed by atoms with E-state index in [1.54, 1.807) is 17.9 Å². The molecule has 2 N–H and O–H groups in total. The van der Waals surface area contributed by atoms with Crippen LogP contribution < -0.4 is 10.6 Å². The molecule has 5 nitrogen and oxygen atoms in total. The number of hydrogen-bond donors (Lipinski definition) is 2. The molecule has 1 saturated heterocycles. The molecule has 0 radical (unpaired) electrons. The molecule has 6 heteroatoms. The van der Waals surface area contributed by atoms with Crippen molar-refractivity contribution in [3.63, 3.8) is 0 Å². The Morgan fingerprint density at radius 1 is 1.10 bits per heavy atom. The van der Waals surface area contributed by atoms with Crippen molar-refractivity contribution >= 4 is 11.9 Å². The van der Waals surface area contributed by atoms with E-state index >= 15 is 0 Å². The summed E-state index contributed by atoms with van der Waals surface area (Å²) in [5, 5.41) is 5.85. The second-order valence-corrected chi connectivity index (χ2v) is 8.09. The molecule has 2 aromatic rings. The van der Waals surface area contributed by atoms with Crippen LogP contribution in [0.15, 0.2) is 42.5 Å². The third-order valence-electron chi connectivity index (χ3n) is 5.64. The second-order valence-electron chi connectivity index (χ2n) is 8.09. The van der Waals surface area contributed by atoms with Crippen molar-refractivity contribution in [1.82, 2.24) is 15.5 Å². The van der Waals surface area contributed by atoms with E-state index in [1.807, 2.05) is 44.2 Å². The number of likely N-dealkylation sites (tertiary alicyclic amines) is 1. The lowest BCUT2D eigenvalue weighted by atomic mass is 9.83. The van der Waals surface area contributed by atoms with Crippen LogP contribution in [0.1, 0.15) is 41.5 Å². The molecule has 0 saturated carbocycles. The molecule has 160 valence electrons. The second kappa shape index (κ2) is 9.74. The van der Waals surface area contributed by atoms with Gasteiger partial charge in [-0.25, -0.2) is 9.18 Å². The van der Waals surface area contributed by atoms with Crippen molar-refractivity contribution in [3.8, 4) is 0 Å². The highest BCUT2D eigenvalue weighted by molar-refractivity contribution is 5.81. The first kappa shape index (κ1) is 21.8. The summed E-state index contributed by atoms with van der Waals surface area (Å²) in [5.41, 5.74) is 3.72. The van der Waals surface area contributed by atoms with Gasteiger partial charge in [0.2, 0.25) is 5.91 Å². The van der Waals surface area contributed by atoms with E-state index in [1.165, 1.54) is 6.07 Å². The molecule has 1 aliphatic heterocycles. The highest BCUT2D eigenvalue weighted by Crippen LogP contribution is 2.31. The number of nitrogens with zero attached hydrogens (tertiary/aromatic N) is 1. The van der Waals surface area contributed by atoms with Crippen LogP contribution in [0.5, 0.6) is 0 Å². The lowest BCUT2D eigenvalue weighted by Crippen LogP contribution is -2.51. The Morgan fingerprint density at radius 3 is 2.60 bits per heavy atom. The maximum atomic E-state index is 13.7. The minimum atomic E-state index is -0.318. The van der Waals surface area contributed by atoms with Crippen molar-refractivity contribution in [2.45, 2.75) is 39.7 Å². The predicted molar refractivity (Wildman–Crippen MR) is 116 cm³/mol. The highest BCUT2D eigenvalue weighted by atomic mass is 19.1. The van der Waals surface area contributed by atoms with Gasteiger partial charge >= 0.3 is 6.03 Å². The molecule has 1 fully saturated rings. The zero-order chi connectivity index (χ0) is 21.7. The van der Waals surface area contributed by atoms with Crippen LogP contribution in [0.4, 0.5) is 9.18 Å². The number of amides is 3. The average molecular weight is 412 g/mol. The van der Waals surface area contributed by atoms with E-state index in [-0.39, 0.29) is 29.6 Å². The minimum Gasteiger partial charge on any atom is -0.352 e. The number of piperidine rings is 1. The Morgan fingerprint density at radius 2 is 1.90 bits per heavy atom. The van der Waals surface area contributed by atoms with Crippen LogP contribution in [0, 0.1) is 25.6 Å². The molecular weight excluding hydrogens is 381 g/mol. The van der Waals surface area contributed by atoms with Crippen LogP contribution in [0.25, 0.3) is 0 Å². The van der Waals surface area contributed by atoms with E-state index < -0.39 is 0 Å². The summed E-state index contributed by atoms with van der Waals surface area (Å²) < 4.78 is 13.7. The van der Waals surface area contributed by atoms with Gasteiger partial charge in [0.25, 0.3) is 0 Å². The number of urea groups is 1. The van der Waals surface area contributed by atoms with Crippen molar-refractivity contribution in [2.75, 3.05) is 19.6 Å². The number of halogens is 1. The van der Waals surface area contributed by atoms with Crippen LogP contribution in [-0.2, 0) is 11.3 Å². The maximum absolute atomic E-state index is 13.7. The topological polar surface area (TPSA) is 61.4 Å². The van der Waals surface area contributed by atoms with Gasteiger partial charge in [0.1, 0.15) is 5.82 Å². The highest BCUT2D eigenvalue weighted by Gasteiger charge is 2.34. The monoisotopic (exact) mass is 411 g/mol. The van der Waals surface area contributed by atoms with Gasteiger partial charge in [0.05, 0.1) is 5.92 Å². The van der Waals surface area contributed by atoms with Gasteiger partial charge < -0.3 is 15.5 Å². The third-order valence-corrected chi connectivity index (χ3v) is 5.64. The number of benzene rings is 2. The van der Waals surface area contributed by atoms with Gasteiger partial charge in [-0.3, -0.25) is 4.79 Å². The lowest BCUT2D eigenvalue weighted by molar-refractivity contribution is -0.126. The van der Waals surface area contributed by atoms with Crippen LogP contribution >= 0.6 is 0 Å². The Labute approximate surface area is 177 Å². The maximum Gasteiger partial charge on any atom is 0.317 e. The average Bonchev–Trinajstić information content (AvgIpc) is 2.74.